The lowest BCUT2D eigenvalue weighted by Gasteiger charge is -2.08. The summed E-state index contributed by atoms with van der Waals surface area (Å²) in [5.41, 5.74) is 1.09. The van der Waals surface area contributed by atoms with Gasteiger partial charge in [-0.3, -0.25) is 0 Å². The maximum absolute atomic E-state index is 11.7. The summed E-state index contributed by atoms with van der Waals surface area (Å²) in [4.78, 5) is 15.7. The molecule has 0 radical (unpaired) electrons. The third-order valence-electron chi connectivity index (χ3n) is 2.14. The molecule has 1 heterocycles. The molecule has 2 amide bonds. The molecular weight excluding hydrogens is 353 g/mol. The van der Waals surface area contributed by atoms with E-state index in [9.17, 15) is 4.79 Å². The van der Waals surface area contributed by atoms with Crippen LogP contribution in [0.1, 0.15) is 0 Å². The fraction of sp³-hybridized carbons (Fsp3) is 0. The number of halogens is 3. The van der Waals surface area contributed by atoms with Crippen LogP contribution in [0.25, 0.3) is 0 Å². The van der Waals surface area contributed by atoms with Crippen molar-refractivity contribution in [3.05, 3.63) is 51.2 Å². The maximum atomic E-state index is 11.7. The zero-order chi connectivity index (χ0) is 13.8. The maximum Gasteiger partial charge on any atom is 0.323 e. The Balaban J connectivity index is 2.03. The first-order chi connectivity index (χ1) is 9.04. The minimum atomic E-state index is -0.401. The van der Waals surface area contributed by atoms with E-state index in [4.69, 9.17) is 23.2 Å². The number of aromatic nitrogens is 1. The van der Waals surface area contributed by atoms with E-state index >= 15 is 0 Å². The van der Waals surface area contributed by atoms with Gasteiger partial charge in [-0.25, -0.2) is 9.78 Å². The van der Waals surface area contributed by atoms with Gasteiger partial charge in [-0.15, -0.1) is 0 Å². The molecule has 0 fully saturated rings. The number of amides is 2. The number of pyridine rings is 1. The molecule has 0 aliphatic rings. The largest absolute Gasteiger partial charge is 0.323 e. The number of carbonyl (C=O) groups excluding carboxylic acids is 1. The number of nitrogens with one attached hydrogen (secondary N) is 2. The van der Waals surface area contributed by atoms with Gasteiger partial charge in [0, 0.05) is 10.7 Å². The van der Waals surface area contributed by atoms with Gasteiger partial charge in [-0.2, -0.15) is 0 Å². The van der Waals surface area contributed by atoms with Gasteiger partial charge >= 0.3 is 6.03 Å². The molecule has 1 aromatic carbocycles. The van der Waals surface area contributed by atoms with Crippen LogP contribution in [0.3, 0.4) is 0 Å². The summed E-state index contributed by atoms with van der Waals surface area (Å²) in [6.45, 7) is 0. The van der Waals surface area contributed by atoms with Crippen LogP contribution >= 0.6 is 39.1 Å². The third-order valence-corrected chi connectivity index (χ3v) is 3.52. The second-order valence-corrected chi connectivity index (χ2v) is 5.18. The highest BCUT2D eigenvalue weighted by Gasteiger charge is 2.05. The SMILES string of the molecule is O=C(Nc1cccc(Cl)c1)Nc1cnc(Br)c(Cl)c1. The standard InChI is InChI=1S/C12H8BrCl2N3O/c13-11-10(15)5-9(6-16-11)18-12(19)17-8-3-1-2-7(14)4-8/h1-6H,(H2,17,18,19). The zero-order valence-electron chi connectivity index (χ0n) is 9.45. The monoisotopic (exact) mass is 359 g/mol. The molecule has 4 nitrogen and oxygen atoms in total. The van der Waals surface area contributed by atoms with Gasteiger partial charge < -0.3 is 10.6 Å². The van der Waals surface area contributed by atoms with E-state index in [1.165, 1.54) is 6.20 Å². The second-order valence-electron chi connectivity index (χ2n) is 3.59. The van der Waals surface area contributed by atoms with Gasteiger partial charge in [0.25, 0.3) is 0 Å². The van der Waals surface area contributed by atoms with E-state index < -0.39 is 6.03 Å². The van der Waals surface area contributed by atoms with Crippen molar-refractivity contribution in [3.63, 3.8) is 0 Å². The molecule has 1 aromatic heterocycles. The van der Waals surface area contributed by atoms with Gasteiger partial charge in [0.05, 0.1) is 16.9 Å². The number of hydrogen-bond acceptors (Lipinski definition) is 2. The number of rotatable bonds is 2. The summed E-state index contributed by atoms with van der Waals surface area (Å²) < 4.78 is 0.523. The average Bonchev–Trinajstić information content (AvgIpc) is 2.34. The van der Waals surface area contributed by atoms with Gasteiger partial charge in [0.2, 0.25) is 0 Å². The third kappa shape index (κ3) is 4.09. The fourth-order valence-corrected chi connectivity index (χ4v) is 1.92. The summed E-state index contributed by atoms with van der Waals surface area (Å²) >= 11 is 14.9. The minimum Gasteiger partial charge on any atom is -0.308 e. The molecular formula is C12H8BrCl2N3O. The lowest BCUT2D eigenvalue weighted by Crippen LogP contribution is -2.19. The summed E-state index contributed by atoms with van der Waals surface area (Å²) in [5, 5.41) is 6.23. The van der Waals surface area contributed by atoms with E-state index in [0.29, 0.717) is 26.0 Å². The van der Waals surface area contributed by atoms with E-state index in [0.717, 1.165) is 0 Å². The molecule has 2 rings (SSSR count). The highest BCUT2D eigenvalue weighted by atomic mass is 79.9. The van der Waals surface area contributed by atoms with Crippen molar-refractivity contribution >= 4 is 56.5 Å². The Hall–Kier alpha value is -1.30. The molecule has 19 heavy (non-hydrogen) atoms. The van der Waals surface area contributed by atoms with Crippen molar-refractivity contribution in [2.24, 2.45) is 0 Å². The number of hydrogen-bond donors (Lipinski definition) is 2. The Kier molecular flexibility index (Phi) is 4.63. The number of nitrogens with zero attached hydrogens (tertiary/aromatic N) is 1. The molecule has 7 heteroatoms. The molecule has 2 N–H and O–H groups in total. The topological polar surface area (TPSA) is 54.0 Å². The summed E-state index contributed by atoms with van der Waals surface area (Å²) in [6, 6.07) is 8.05. The van der Waals surface area contributed by atoms with Gasteiger partial charge in [0.1, 0.15) is 4.60 Å². The van der Waals surface area contributed by atoms with E-state index in [2.05, 4.69) is 31.5 Å². The van der Waals surface area contributed by atoms with E-state index in [1.54, 1.807) is 30.3 Å². The molecule has 2 aromatic rings. The Morgan fingerprint density at radius 3 is 2.58 bits per heavy atom. The summed E-state index contributed by atoms with van der Waals surface area (Å²) in [6.07, 6.45) is 1.49. The average molecular weight is 361 g/mol. The van der Waals surface area contributed by atoms with Crippen LogP contribution in [0.15, 0.2) is 41.1 Å². The fourth-order valence-electron chi connectivity index (χ4n) is 1.35. The highest BCUT2D eigenvalue weighted by molar-refractivity contribution is 9.10. The second kappa shape index (κ2) is 6.23. The van der Waals surface area contributed by atoms with Crippen LogP contribution < -0.4 is 10.6 Å². The van der Waals surface area contributed by atoms with Crippen LogP contribution in [0.4, 0.5) is 16.2 Å². The number of anilines is 2. The van der Waals surface area contributed by atoms with Gasteiger partial charge in [0.15, 0.2) is 0 Å². The quantitative estimate of drug-likeness (QED) is 0.756. The predicted molar refractivity (Wildman–Crippen MR) is 81.0 cm³/mol. The van der Waals surface area contributed by atoms with Crippen molar-refractivity contribution in [2.75, 3.05) is 10.6 Å². The van der Waals surface area contributed by atoms with Crippen LogP contribution in [-0.4, -0.2) is 11.0 Å². The van der Waals surface area contributed by atoms with Crippen molar-refractivity contribution in [1.82, 2.24) is 4.98 Å². The minimum absolute atomic E-state index is 0.401. The molecule has 0 spiro atoms. The lowest BCUT2D eigenvalue weighted by molar-refractivity contribution is 0.262. The molecule has 0 saturated carbocycles. The first-order valence-corrected chi connectivity index (χ1v) is 6.74. The van der Waals surface area contributed by atoms with E-state index in [1.807, 2.05) is 0 Å². The molecule has 0 aliphatic heterocycles. The van der Waals surface area contributed by atoms with Crippen molar-refractivity contribution in [2.45, 2.75) is 0 Å². The van der Waals surface area contributed by atoms with Crippen LogP contribution in [0.2, 0.25) is 10.0 Å². The van der Waals surface area contributed by atoms with Crippen molar-refractivity contribution in [1.29, 1.82) is 0 Å². The normalized spacial score (nSPS) is 10.1. The Bertz CT molecular complexity index is 622. The van der Waals surface area contributed by atoms with Crippen molar-refractivity contribution in [3.8, 4) is 0 Å². The molecule has 0 bridgehead atoms. The van der Waals surface area contributed by atoms with Crippen LogP contribution in [0.5, 0.6) is 0 Å². The summed E-state index contributed by atoms with van der Waals surface area (Å²) in [5.74, 6) is 0. The molecule has 0 atom stereocenters. The summed E-state index contributed by atoms with van der Waals surface area (Å²) in [7, 11) is 0. The predicted octanol–water partition coefficient (Wildman–Crippen LogP) is 4.79. The lowest BCUT2D eigenvalue weighted by atomic mass is 10.3. The number of carbonyl (C=O) groups is 1. The number of benzene rings is 1. The zero-order valence-corrected chi connectivity index (χ0v) is 12.6. The molecule has 0 unspecified atom stereocenters. The van der Waals surface area contributed by atoms with E-state index in [-0.39, 0.29) is 0 Å². The van der Waals surface area contributed by atoms with Crippen molar-refractivity contribution < 1.29 is 4.79 Å². The first-order valence-electron chi connectivity index (χ1n) is 5.19. The highest BCUT2D eigenvalue weighted by Crippen LogP contribution is 2.23. The Labute approximate surface area is 128 Å². The van der Waals surface area contributed by atoms with Crippen LogP contribution in [0, 0.1) is 0 Å². The smallest absolute Gasteiger partial charge is 0.308 e. The van der Waals surface area contributed by atoms with Gasteiger partial charge in [-0.1, -0.05) is 29.3 Å². The Morgan fingerprint density at radius 2 is 1.89 bits per heavy atom. The van der Waals surface area contributed by atoms with Gasteiger partial charge in [-0.05, 0) is 40.2 Å². The number of urea groups is 1. The first kappa shape index (κ1) is 14.1. The molecule has 98 valence electrons. The molecule has 0 aliphatic carbocycles. The Morgan fingerprint density at radius 1 is 1.16 bits per heavy atom. The molecule has 0 saturated heterocycles. The van der Waals surface area contributed by atoms with Crippen LogP contribution in [-0.2, 0) is 0 Å².